The lowest BCUT2D eigenvalue weighted by atomic mass is 10.4. The van der Waals surface area contributed by atoms with Crippen LogP contribution in [0.15, 0.2) is 0 Å². The second-order valence-corrected chi connectivity index (χ2v) is 7.42. The summed E-state index contributed by atoms with van der Waals surface area (Å²) in [7, 11) is 3.88. The largest absolute Gasteiger partial charge is 0.404 e. The molecule has 0 spiro atoms. The van der Waals surface area contributed by atoms with E-state index >= 15 is 0 Å². The van der Waals surface area contributed by atoms with E-state index in [0.717, 1.165) is 32.1 Å². The van der Waals surface area contributed by atoms with Gasteiger partial charge in [0.1, 0.15) is 0 Å². The first-order valence-electron chi connectivity index (χ1n) is 8.51. The highest BCUT2D eigenvalue weighted by Gasteiger charge is 2.38. The molecule has 0 aromatic rings. The molecule has 0 rings (SSSR count). The Hall–Kier alpha value is -0.0631. The maximum absolute atomic E-state index is 5.97. The van der Waals surface area contributed by atoms with Crippen LogP contribution in [0.1, 0.15) is 27.2 Å². The number of nitrogens with one attached hydrogen (secondary N) is 1. The third-order valence-electron chi connectivity index (χ3n) is 3.03. The highest BCUT2D eigenvalue weighted by molar-refractivity contribution is 6.44. The molecule has 0 heterocycles. The Kier molecular flexibility index (Phi) is 14.3. The van der Waals surface area contributed by atoms with Gasteiger partial charge in [-0.05, 0) is 53.9 Å². The van der Waals surface area contributed by atoms with Crippen LogP contribution in [0, 0.1) is 0 Å². The molecule has 0 aliphatic carbocycles. The highest BCUT2D eigenvalue weighted by atomic mass is 28.3. The fourth-order valence-electron chi connectivity index (χ4n) is 1.96. The molecular weight excluding hydrogens is 316 g/mol. The van der Waals surface area contributed by atoms with Gasteiger partial charge in [0.2, 0.25) is 0 Å². The topological polar surface area (TPSA) is 61.4 Å². The van der Waals surface area contributed by atoms with Crippen LogP contribution in [0.2, 0.25) is 6.04 Å². The van der Waals surface area contributed by atoms with Gasteiger partial charge in [-0.1, -0.05) is 0 Å². The van der Waals surface area contributed by atoms with E-state index in [9.17, 15) is 0 Å². The summed E-state index contributed by atoms with van der Waals surface area (Å²) < 4.78 is 28.2. The van der Waals surface area contributed by atoms with Gasteiger partial charge in [0.05, 0.1) is 19.8 Å². The molecule has 0 aromatic heterocycles. The molecule has 1 unspecified atom stereocenters. The van der Waals surface area contributed by atoms with E-state index in [0.29, 0.717) is 19.8 Å². The zero-order chi connectivity index (χ0) is 17.6. The van der Waals surface area contributed by atoms with Crippen molar-refractivity contribution in [2.45, 2.75) is 39.4 Å². The first-order valence-corrected chi connectivity index (χ1v) is 10.3. The quantitative estimate of drug-likeness (QED) is 0.254. The monoisotopic (exact) mass is 352 g/mol. The molecule has 140 valence electrons. The van der Waals surface area contributed by atoms with Crippen molar-refractivity contribution in [1.82, 2.24) is 10.2 Å². The van der Waals surface area contributed by atoms with E-state index in [4.69, 9.17) is 23.1 Å². The zero-order valence-corrected chi connectivity index (χ0v) is 16.9. The fourth-order valence-corrected chi connectivity index (χ4v) is 3.48. The molecule has 0 saturated heterocycles. The van der Waals surface area contributed by atoms with Crippen molar-refractivity contribution in [3.63, 3.8) is 0 Å². The summed E-state index contributed by atoms with van der Waals surface area (Å²) in [5.74, 6) is 0. The van der Waals surface area contributed by atoms with Crippen LogP contribution in [-0.4, -0.2) is 81.0 Å². The van der Waals surface area contributed by atoms with Crippen LogP contribution in [0.25, 0.3) is 0 Å². The maximum Gasteiger partial charge on any atom is 0.404 e. The van der Waals surface area contributed by atoms with E-state index in [-0.39, 0.29) is 0 Å². The molecule has 0 amide bonds. The van der Waals surface area contributed by atoms with Crippen LogP contribution in [0.4, 0.5) is 0 Å². The Balaban J connectivity index is 4.28. The van der Waals surface area contributed by atoms with Crippen molar-refractivity contribution in [2.24, 2.45) is 0 Å². The molecule has 0 bridgehead atoms. The van der Waals surface area contributed by atoms with E-state index in [2.05, 4.69) is 24.3 Å². The predicted octanol–water partition coefficient (Wildman–Crippen LogP) is 1.13. The van der Waals surface area contributed by atoms with Crippen molar-refractivity contribution < 1.29 is 23.1 Å². The SMILES string of the molecule is CCOC(OCC)(OCC)O[SiH](CCCNCCN(C)C)OC. The minimum Gasteiger partial charge on any atom is -0.400 e. The molecule has 0 aliphatic heterocycles. The second-order valence-electron chi connectivity index (χ2n) is 5.28. The number of rotatable bonds is 16. The summed E-state index contributed by atoms with van der Waals surface area (Å²) in [6, 6.07) is 0.862. The minimum absolute atomic E-state index is 0.441. The smallest absolute Gasteiger partial charge is 0.400 e. The van der Waals surface area contributed by atoms with Crippen LogP contribution < -0.4 is 5.32 Å². The van der Waals surface area contributed by atoms with Gasteiger partial charge in [0.25, 0.3) is 0 Å². The molecule has 0 radical (unpaired) electrons. The van der Waals surface area contributed by atoms with E-state index in [1.54, 1.807) is 7.11 Å². The third kappa shape index (κ3) is 11.2. The number of ether oxygens (including phenoxy) is 3. The molecule has 0 fully saturated rings. The zero-order valence-electron chi connectivity index (χ0n) is 15.7. The van der Waals surface area contributed by atoms with E-state index in [1.165, 1.54) is 0 Å². The van der Waals surface area contributed by atoms with Gasteiger partial charge in [0.15, 0.2) is 0 Å². The van der Waals surface area contributed by atoms with Gasteiger partial charge in [-0.2, -0.15) is 0 Å². The van der Waals surface area contributed by atoms with Crippen molar-refractivity contribution in [3.8, 4) is 0 Å². The van der Waals surface area contributed by atoms with Crippen LogP contribution in [-0.2, 0) is 23.1 Å². The fraction of sp³-hybridized carbons (Fsp3) is 1.00. The average Bonchev–Trinajstić information content (AvgIpc) is 2.50. The lowest BCUT2D eigenvalue weighted by Crippen LogP contribution is -2.47. The molecule has 0 saturated carbocycles. The lowest BCUT2D eigenvalue weighted by Gasteiger charge is -2.33. The average molecular weight is 353 g/mol. The van der Waals surface area contributed by atoms with Gasteiger partial charge in [-0.25, -0.2) is 0 Å². The summed E-state index contributed by atoms with van der Waals surface area (Å²) in [6.07, 6.45) is -0.442. The van der Waals surface area contributed by atoms with Gasteiger partial charge in [-0.15, -0.1) is 0 Å². The molecule has 7 nitrogen and oxygen atoms in total. The summed E-state index contributed by atoms with van der Waals surface area (Å²) in [4.78, 5) is 2.16. The van der Waals surface area contributed by atoms with Gasteiger partial charge in [0, 0.05) is 20.2 Å². The molecule has 0 aliphatic rings. The lowest BCUT2D eigenvalue weighted by molar-refractivity contribution is -0.473. The number of hydrogen-bond acceptors (Lipinski definition) is 7. The Morgan fingerprint density at radius 1 is 0.957 bits per heavy atom. The van der Waals surface area contributed by atoms with E-state index < -0.39 is 15.4 Å². The predicted molar refractivity (Wildman–Crippen MR) is 93.7 cm³/mol. The Morgan fingerprint density at radius 2 is 1.52 bits per heavy atom. The van der Waals surface area contributed by atoms with Crippen molar-refractivity contribution in [1.29, 1.82) is 0 Å². The van der Waals surface area contributed by atoms with E-state index in [1.807, 2.05) is 20.8 Å². The van der Waals surface area contributed by atoms with Crippen molar-refractivity contribution in [2.75, 3.05) is 60.7 Å². The minimum atomic E-state index is -1.93. The van der Waals surface area contributed by atoms with Gasteiger partial charge < -0.3 is 33.3 Å². The summed E-state index contributed by atoms with van der Waals surface area (Å²) in [6.45, 7) is 9.92. The first-order chi connectivity index (χ1) is 11.0. The molecule has 1 N–H and O–H groups in total. The first kappa shape index (κ1) is 22.9. The van der Waals surface area contributed by atoms with Crippen LogP contribution >= 0.6 is 0 Å². The second kappa shape index (κ2) is 14.3. The molecular formula is C15H36N2O5Si. The number of likely N-dealkylation sites (N-methyl/N-ethyl adjacent to an activating group) is 1. The molecule has 23 heavy (non-hydrogen) atoms. The van der Waals surface area contributed by atoms with Crippen LogP contribution in [0.5, 0.6) is 0 Å². The number of hydrogen-bond donors (Lipinski definition) is 1. The maximum atomic E-state index is 5.97. The Bertz CT molecular complexity index is 255. The molecule has 0 aromatic carbocycles. The van der Waals surface area contributed by atoms with Crippen molar-refractivity contribution in [3.05, 3.63) is 0 Å². The van der Waals surface area contributed by atoms with Crippen molar-refractivity contribution >= 4 is 9.28 Å². The van der Waals surface area contributed by atoms with Gasteiger partial charge in [-0.3, -0.25) is 0 Å². The highest BCUT2D eigenvalue weighted by Crippen LogP contribution is 2.20. The molecule has 8 heteroatoms. The van der Waals surface area contributed by atoms with Gasteiger partial charge >= 0.3 is 15.4 Å². The van der Waals surface area contributed by atoms with Crippen LogP contribution in [0.3, 0.4) is 0 Å². The normalized spacial score (nSPS) is 13.7. The summed E-state index contributed by atoms with van der Waals surface area (Å²) in [5, 5.41) is 3.41. The molecule has 1 atom stereocenters. The summed E-state index contributed by atoms with van der Waals surface area (Å²) >= 11 is 0. The Morgan fingerprint density at radius 3 is 1.96 bits per heavy atom. The number of nitrogens with zero attached hydrogens (tertiary/aromatic N) is 1. The summed E-state index contributed by atoms with van der Waals surface area (Å²) in [5.41, 5.74) is 0. The standard InChI is InChI=1S/C15H36N2O5Si/c1-7-19-15(20-8-2,21-9-3)22-23(18-6)14-10-11-16-12-13-17(4)5/h16,23H,7-14H2,1-6H3. The third-order valence-corrected chi connectivity index (χ3v) is 4.99. The Labute approximate surface area is 143 Å².